The predicted molar refractivity (Wildman–Crippen MR) is 131 cm³/mol. The third-order valence-corrected chi connectivity index (χ3v) is 5.57. The van der Waals surface area contributed by atoms with Gasteiger partial charge in [0, 0.05) is 29.9 Å². The van der Waals surface area contributed by atoms with Gasteiger partial charge in [-0.2, -0.15) is 0 Å². The first-order valence-corrected chi connectivity index (χ1v) is 11.7. The third kappa shape index (κ3) is 7.05. The van der Waals surface area contributed by atoms with Gasteiger partial charge in [-0.1, -0.05) is 32.3 Å². The Labute approximate surface area is 195 Å². The van der Waals surface area contributed by atoms with E-state index in [0.29, 0.717) is 23.4 Å². The normalized spacial score (nSPS) is 13.0. The number of amides is 2. The summed E-state index contributed by atoms with van der Waals surface area (Å²) >= 11 is 5.28. The molecule has 0 unspecified atom stereocenters. The molecular formula is C25H31N3O3S. The standard InChI is InChI=1S/C25H31N3O3S/c1-2-3-4-7-17-31-22-13-11-19(12-14-22)23(29)27-25(32)26-21-10-8-9-20(18-21)24(30)28-15-5-6-16-28/h8-14,18H,2-7,15-17H2,1H3,(H2,26,27,29,32). The van der Waals surface area contributed by atoms with Crippen molar-refractivity contribution in [1.82, 2.24) is 10.2 Å². The predicted octanol–water partition coefficient (Wildman–Crippen LogP) is 5.01. The molecule has 1 fully saturated rings. The van der Waals surface area contributed by atoms with E-state index in [1.54, 1.807) is 42.5 Å². The van der Waals surface area contributed by atoms with Gasteiger partial charge in [-0.05, 0) is 73.9 Å². The van der Waals surface area contributed by atoms with Crippen molar-refractivity contribution < 1.29 is 14.3 Å². The van der Waals surface area contributed by atoms with Crippen LogP contribution < -0.4 is 15.4 Å². The van der Waals surface area contributed by atoms with Crippen LogP contribution in [-0.2, 0) is 0 Å². The molecule has 0 bridgehead atoms. The maximum Gasteiger partial charge on any atom is 0.257 e. The number of thiocarbonyl (C=S) groups is 1. The number of anilines is 1. The Kier molecular flexibility index (Phi) is 9.04. The first-order valence-electron chi connectivity index (χ1n) is 11.3. The van der Waals surface area contributed by atoms with Gasteiger partial charge < -0.3 is 15.0 Å². The second kappa shape index (κ2) is 12.2. The van der Waals surface area contributed by atoms with E-state index in [1.807, 2.05) is 11.0 Å². The SMILES string of the molecule is CCCCCCOc1ccc(C(=O)NC(=S)Nc2cccc(C(=O)N3CCCC3)c2)cc1. The molecule has 0 radical (unpaired) electrons. The molecule has 0 aromatic heterocycles. The molecule has 2 N–H and O–H groups in total. The summed E-state index contributed by atoms with van der Waals surface area (Å²) < 4.78 is 5.71. The van der Waals surface area contributed by atoms with Gasteiger partial charge in [0.15, 0.2) is 5.11 Å². The third-order valence-electron chi connectivity index (χ3n) is 5.37. The molecule has 3 rings (SSSR count). The van der Waals surface area contributed by atoms with Crippen LogP contribution in [0.4, 0.5) is 5.69 Å². The fourth-order valence-corrected chi connectivity index (χ4v) is 3.80. The molecule has 1 aliphatic heterocycles. The van der Waals surface area contributed by atoms with Gasteiger partial charge in [-0.15, -0.1) is 0 Å². The molecular weight excluding hydrogens is 422 g/mol. The fraction of sp³-hybridized carbons (Fsp3) is 0.400. The van der Waals surface area contributed by atoms with E-state index in [4.69, 9.17) is 17.0 Å². The Balaban J connectivity index is 1.49. The van der Waals surface area contributed by atoms with Crippen molar-refractivity contribution in [3.63, 3.8) is 0 Å². The van der Waals surface area contributed by atoms with Crippen LogP contribution in [0.25, 0.3) is 0 Å². The van der Waals surface area contributed by atoms with Crippen molar-refractivity contribution in [3.05, 3.63) is 59.7 Å². The number of nitrogens with zero attached hydrogens (tertiary/aromatic N) is 1. The van der Waals surface area contributed by atoms with Crippen molar-refractivity contribution >= 4 is 34.8 Å². The van der Waals surface area contributed by atoms with E-state index in [2.05, 4.69) is 17.6 Å². The summed E-state index contributed by atoms with van der Waals surface area (Å²) in [7, 11) is 0. The Morgan fingerprint density at radius 1 is 1.00 bits per heavy atom. The molecule has 1 saturated heterocycles. The van der Waals surface area contributed by atoms with E-state index < -0.39 is 0 Å². The monoisotopic (exact) mass is 453 g/mol. The quantitative estimate of drug-likeness (QED) is 0.413. The van der Waals surface area contributed by atoms with E-state index in [-0.39, 0.29) is 16.9 Å². The van der Waals surface area contributed by atoms with Crippen LogP contribution >= 0.6 is 12.2 Å². The Hall–Kier alpha value is -2.93. The number of carbonyl (C=O) groups excluding carboxylic acids is 2. The molecule has 2 amide bonds. The fourth-order valence-electron chi connectivity index (χ4n) is 3.59. The highest BCUT2D eigenvalue weighted by atomic mass is 32.1. The summed E-state index contributed by atoms with van der Waals surface area (Å²) in [5.41, 5.74) is 1.76. The van der Waals surface area contributed by atoms with Crippen LogP contribution in [0.5, 0.6) is 5.75 Å². The van der Waals surface area contributed by atoms with Crippen molar-refractivity contribution in [1.29, 1.82) is 0 Å². The minimum atomic E-state index is -0.304. The number of rotatable bonds is 9. The van der Waals surface area contributed by atoms with Crippen LogP contribution in [0, 0.1) is 0 Å². The molecule has 7 heteroatoms. The summed E-state index contributed by atoms with van der Waals surface area (Å²) in [6, 6.07) is 14.2. The Morgan fingerprint density at radius 2 is 1.75 bits per heavy atom. The second-order valence-corrected chi connectivity index (χ2v) is 8.33. The average molecular weight is 454 g/mol. The van der Waals surface area contributed by atoms with Crippen LogP contribution in [0.15, 0.2) is 48.5 Å². The van der Waals surface area contributed by atoms with Crippen molar-refractivity contribution in [2.24, 2.45) is 0 Å². The molecule has 0 aliphatic carbocycles. The minimum Gasteiger partial charge on any atom is -0.494 e. The van der Waals surface area contributed by atoms with E-state index in [1.165, 1.54) is 12.8 Å². The number of ether oxygens (including phenoxy) is 1. The van der Waals surface area contributed by atoms with Crippen LogP contribution in [0.2, 0.25) is 0 Å². The zero-order chi connectivity index (χ0) is 22.8. The van der Waals surface area contributed by atoms with E-state index in [9.17, 15) is 9.59 Å². The van der Waals surface area contributed by atoms with E-state index in [0.717, 1.165) is 44.5 Å². The van der Waals surface area contributed by atoms with Gasteiger partial charge in [0.05, 0.1) is 6.61 Å². The molecule has 6 nitrogen and oxygen atoms in total. The zero-order valence-electron chi connectivity index (χ0n) is 18.6. The summed E-state index contributed by atoms with van der Waals surface area (Å²) in [4.78, 5) is 26.9. The number of nitrogens with one attached hydrogen (secondary N) is 2. The van der Waals surface area contributed by atoms with Gasteiger partial charge in [0.2, 0.25) is 0 Å². The van der Waals surface area contributed by atoms with Gasteiger partial charge in [-0.3, -0.25) is 14.9 Å². The molecule has 2 aromatic carbocycles. The lowest BCUT2D eigenvalue weighted by Crippen LogP contribution is -2.34. The maximum absolute atomic E-state index is 12.6. The summed E-state index contributed by atoms with van der Waals surface area (Å²) in [5.74, 6) is 0.466. The van der Waals surface area contributed by atoms with Gasteiger partial charge in [0.25, 0.3) is 11.8 Å². The summed E-state index contributed by atoms with van der Waals surface area (Å²) in [6.07, 6.45) is 6.70. The second-order valence-electron chi connectivity index (χ2n) is 7.92. The average Bonchev–Trinajstić information content (AvgIpc) is 3.34. The lowest BCUT2D eigenvalue weighted by molar-refractivity contribution is 0.0792. The number of hydrogen-bond acceptors (Lipinski definition) is 4. The topological polar surface area (TPSA) is 70.7 Å². The molecule has 0 spiro atoms. The maximum atomic E-state index is 12.6. The molecule has 0 saturated carbocycles. The highest BCUT2D eigenvalue weighted by Crippen LogP contribution is 2.17. The number of likely N-dealkylation sites (tertiary alicyclic amines) is 1. The molecule has 0 atom stereocenters. The molecule has 170 valence electrons. The number of unbranched alkanes of at least 4 members (excludes halogenated alkanes) is 3. The summed E-state index contributed by atoms with van der Waals surface area (Å²) in [5, 5.41) is 5.85. The van der Waals surface area contributed by atoms with Gasteiger partial charge >= 0.3 is 0 Å². The van der Waals surface area contributed by atoms with Gasteiger partial charge in [0.1, 0.15) is 5.75 Å². The Bertz CT molecular complexity index is 924. The van der Waals surface area contributed by atoms with Crippen molar-refractivity contribution in [2.45, 2.75) is 45.4 Å². The first kappa shape index (κ1) is 23.7. The zero-order valence-corrected chi connectivity index (χ0v) is 19.4. The van der Waals surface area contributed by atoms with Gasteiger partial charge in [-0.25, -0.2) is 0 Å². The number of hydrogen-bond donors (Lipinski definition) is 2. The number of benzene rings is 2. The van der Waals surface area contributed by atoms with Crippen LogP contribution in [-0.4, -0.2) is 41.5 Å². The lowest BCUT2D eigenvalue weighted by Gasteiger charge is -2.16. The molecule has 2 aromatic rings. The molecule has 32 heavy (non-hydrogen) atoms. The van der Waals surface area contributed by atoms with Crippen molar-refractivity contribution in [2.75, 3.05) is 25.0 Å². The number of carbonyl (C=O) groups is 2. The highest BCUT2D eigenvalue weighted by Gasteiger charge is 2.19. The molecule has 1 heterocycles. The van der Waals surface area contributed by atoms with Crippen molar-refractivity contribution in [3.8, 4) is 5.75 Å². The van der Waals surface area contributed by atoms with E-state index >= 15 is 0 Å². The molecule has 1 aliphatic rings. The Morgan fingerprint density at radius 3 is 2.47 bits per heavy atom. The lowest BCUT2D eigenvalue weighted by atomic mass is 10.2. The summed E-state index contributed by atoms with van der Waals surface area (Å²) in [6.45, 7) is 4.46. The highest BCUT2D eigenvalue weighted by molar-refractivity contribution is 7.80. The minimum absolute atomic E-state index is 0.0220. The first-order chi connectivity index (χ1) is 15.6. The largest absolute Gasteiger partial charge is 0.494 e. The smallest absolute Gasteiger partial charge is 0.257 e. The van der Waals surface area contributed by atoms with Crippen LogP contribution in [0.1, 0.15) is 66.2 Å². The van der Waals surface area contributed by atoms with Crippen LogP contribution in [0.3, 0.4) is 0 Å².